The average molecular weight is 420 g/mol. The number of hydrogen-bond acceptors (Lipinski definition) is 4. The van der Waals surface area contributed by atoms with E-state index in [9.17, 15) is 9.59 Å². The lowest BCUT2D eigenvalue weighted by molar-refractivity contribution is -0.110. The SMILES string of the molecule is Cc1ccc2c(=O)n(C)c(C(C=O)COC(C)C)c(-c3csc4ccccc34)c2c1. The Morgan fingerprint density at radius 3 is 2.60 bits per heavy atom. The number of aryl methyl sites for hydroxylation is 1. The van der Waals surface area contributed by atoms with Gasteiger partial charge in [-0.25, -0.2) is 0 Å². The van der Waals surface area contributed by atoms with Crippen molar-refractivity contribution < 1.29 is 9.53 Å². The largest absolute Gasteiger partial charge is 0.378 e. The molecule has 0 saturated heterocycles. The van der Waals surface area contributed by atoms with Crippen molar-refractivity contribution in [2.75, 3.05) is 6.61 Å². The van der Waals surface area contributed by atoms with Crippen molar-refractivity contribution in [1.29, 1.82) is 0 Å². The number of benzene rings is 2. The Morgan fingerprint density at radius 1 is 1.10 bits per heavy atom. The first kappa shape index (κ1) is 20.5. The van der Waals surface area contributed by atoms with Gasteiger partial charge in [-0.15, -0.1) is 11.3 Å². The summed E-state index contributed by atoms with van der Waals surface area (Å²) in [5.41, 5.74) is 3.67. The van der Waals surface area contributed by atoms with Crippen LogP contribution in [0.4, 0.5) is 0 Å². The lowest BCUT2D eigenvalue weighted by Gasteiger charge is -2.22. The van der Waals surface area contributed by atoms with Crippen LogP contribution in [-0.2, 0) is 16.6 Å². The Kier molecular flexibility index (Phi) is 5.58. The van der Waals surface area contributed by atoms with Gasteiger partial charge in [0.2, 0.25) is 0 Å². The number of carbonyl (C=O) groups is 1. The number of fused-ring (bicyclic) bond motifs is 2. The molecule has 0 aliphatic rings. The van der Waals surface area contributed by atoms with Gasteiger partial charge in [0.25, 0.3) is 5.56 Å². The molecule has 2 aromatic heterocycles. The second kappa shape index (κ2) is 8.17. The maximum Gasteiger partial charge on any atom is 0.258 e. The molecule has 30 heavy (non-hydrogen) atoms. The van der Waals surface area contributed by atoms with Crippen LogP contribution in [0.25, 0.3) is 32.0 Å². The normalized spacial score (nSPS) is 12.7. The topological polar surface area (TPSA) is 48.3 Å². The second-order valence-electron chi connectivity index (χ2n) is 7.94. The highest BCUT2D eigenvalue weighted by atomic mass is 32.1. The van der Waals surface area contributed by atoms with Gasteiger partial charge in [0.05, 0.1) is 18.6 Å². The summed E-state index contributed by atoms with van der Waals surface area (Å²) in [5, 5.41) is 4.79. The molecular formula is C25H25NO3S. The molecule has 2 aromatic carbocycles. The highest BCUT2D eigenvalue weighted by Gasteiger charge is 2.25. The maximum absolute atomic E-state index is 13.2. The maximum atomic E-state index is 13.2. The number of hydrogen-bond donors (Lipinski definition) is 0. The lowest BCUT2D eigenvalue weighted by Crippen LogP contribution is -2.26. The van der Waals surface area contributed by atoms with Crippen molar-refractivity contribution >= 4 is 38.5 Å². The average Bonchev–Trinajstić information content (AvgIpc) is 3.15. The van der Waals surface area contributed by atoms with Gasteiger partial charge in [-0.3, -0.25) is 4.79 Å². The summed E-state index contributed by atoms with van der Waals surface area (Å²) in [6.45, 7) is 6.14. The molecule has 0 aliphatic heterocycles. The zero-order valence-electron chi connectivity index (χ0n) is 17.6. The van der Waals surface area contributed by atoms with E-state index in [1.165, 1.54) is 4.70 Å². The van der Waals surface area contributed by atoms with E-state index in [0.29, 0.717) is 11.1 Å². The quantitative estimate of drug-likeness (QED) is 0.391. The molecule has 0 N–H and O–H groups in total. The summed E-state index contributed by atoms with van der Waals surface area (Å²) in [6.07, 6.45) is 0.897. The highest BCUT2D eigenvalue weighted by Crippen LogP contribution is 2.41. The van der Waals surface area contributed by atoms with Crippen LogP contribution < -0.4 is 5.56 Å². The molecule has 4 nitrogen and oxygen atoms in total. The zero-order chi connectivity index (χ0) is 21.4. The van der Waals surface area contributed by atoms with Crippen molar-refractivity contribution in [1.82, 2.24) is 4.57 Å². The monoisotopic (exact) mass is 419 g/mol. The lowest BCUT2D eigenvalue weighted by atomic mass is 9.90. The van der Waals surface area contributed by atoms with Gasteiger partial charge in [0.15, 0.2) is 0 Å². The van der Waals surface area contributed by atoms with E-state index in [1.807, 2.05) is 51.1 Å². The van der Waals surface area contributed by atoms with E-state index in [0.717, 1.165) is 33.7 Å². The number of pyridine rings is 1. The summed E-state index contributed by atoms with van der Waals surface area (Å²) in [5.74, 6) is -0.538. The van der Waals surface area contributed by atoms with Crippen LogP contribution in [0.2, 0.25) is 0 Å². The van der Waals surface area contributed by atoms with Crippen LogP contribution in [0.5, 0.6) is 0 Å². The van der Waals surface area contributed by atoms with Crippen LogP contribution in [0.3, 0.4) is 0 Å². The summed E-state index contributed by atoms with van der Waals surface area (Å²) >= 11 is 1.67. The predicted molar refractivity (Wildman–Crippen MR) is 125 cm³/mol. The first-order valence-electron chi connectivity index (χ1n) is 10.1. The van der Waals surface area contributed by atoms with Gasteiger partial charge in [-0.05, 0) is 43.7 Å². The molecule has 0 aliphatic carbocycles. The van der Waals surface area contributed by atoms with E-state index in [1.54, 1.807) is 23.0 Å². The van der Waals surface area contributed by atoms with Crippen molar-refractivity contribution in [3.63, 3.8) is 0 Å². The fourth-order valence-electron chi connectivity index (χ4n) is 4.01. The van der Waals surface area contributed by atoms with Crippen LogP contribution in [0.15, 0.2) is 52.6 Å². The van der Waals surface area contributed by atoms with Gasteiger partial charge < -0.3 is 14.1 Å². The summed E-state index contributed by atoms with van der Waals surface area (Å²) in [7, 11) is 1.75. The number of carbonyl (C=O) groups excluding carboxylic acids is 1. The van der Waals surface area contributed by atoms with Crippen molar-refractivity contribution in [2.24, 2.45) is 7.05 Å². The van der Waals surface area contributed by atoms with Gasteiger partial charge in [-0.1, -0.05) is 35.9 Å². The predicted octanol–water partition coefficient (Wildman–Crippen LogP) is 5.44. The smallest absolute Gasteiger partial charge is 0.258 e. The van der Waals surface area contributed by atoms with Crippen molar-refractivity contribution in [2.45, 2.75) is 32.8 Å². The van der Waals surface area contributed by atoms with Crippen molar-refractivity contribution in [3.8, 4) is 11.1 Å². The molecule has 0 amide bonds. The molecule has 0 spiro atoms. The zero-order valence-corrected chi connectivity index (χ0v) is 18.5. The first-order chi connectivity index (χ1) is 14.4. The Labute approximate surface area is 179 Å². The van der Waals surface area contributed by atoms with E-state index in [4.69, 9.17) is 4.74 Å². The number of thiophene rings is 1. The fraction of sp³-hybridized carbons (Fsp3) is 0.280. The minimum Gasteiger partial charge on any atom is -0.378 e. The van der Waals surface area contributed by atoms with Gasteiger partial charge in [-0.2, -0.15) is 0 Å². The van der Waals surface area contributed by atoms with Crippen LogP contribution in [0, 0.1) is 6.92 Å². The Morgan fingerprint density at radius 2 is 1.87 bits per heavy atom. The minimum absolute atomic E-state index is 0.00222. The van der Waals surface area contributed by atoms with E-state index < -0.39 is 5.92 Å². The van der Waals surface area contributed by atoms with Crippen LogP contribution in [0.1, 0.15) is 31.0 Å². The number of rotatable bonds is 6. The second-order valence-corrected chi connectivity index (χ2v) is 8.85. The Hall–Kier alpha value is -2.76. The van der Waals surface area contributed by atoms with Gasteiger partial charge >= 0.3 is 0 Å². The minimum atomic E-state index is -0.538. The number of nitrogens with zero attached hydrogens (tertiary/aromatic N) is 1. The summed E-state index contributed by atoms with van der Waals surface area (Å²) in [4.78, 5) is 25.4. The number of aromatic nitrogens is 1. The Balaban J connectivity index is 2.12. The summed E-state index contributed by atoms with van der Waals surface area (Å²) < 4.78 is 8.60. The molecule has 154 valence electrons. The molecule has 4 rings (SSSR count). The van der Waals surface area contributed by atoms with E-state index >= 15 is 0 Å². The fourth-order valence-corrected chi connectivity index (χ4v) is 4.97. The molecule has 0 fully saturated rings. The first-order valence-corrected chi connectivity index (χ1v) is 11.0. The molecule has 1 unspecified atom stereocenters. The van der Waals surface area contributed by atoms with Crippen molar-refractivity contribution in [3.05, 3.63) is 69.5 Å². The third-order valence-electron chi connectivity index (χ3n) is 5.47. The van der Waals surface area contributed by atoms with E-state index in [2.05, 4.69) is 17.5 Å². The molecule has 2 heterocycles. The van der Waals surface area contributed by atoms with Gasteiger partial charge in [0, 0.05) is 39.3 Å². The Bertz CT molecular complexity index is 1300. The molecule has 0 radical (unpaired) electrons. The summed E-state index contributed by atoms with van der Waals surface area (Å²) in [6, 6.07) is 14.1. The molecule has 1 atom stereocenters. The van der Waals surface area contributed by atoms with Crippen LogP contribution >= 0.6 is 11.3 Å². The van der Waals surface area contributed by atoms with E-state index in [-0.39, 0.29) is 18.3 Å². The number of ether oxygens (including phenoxy) is 1. The highest BCUT2D eigenvalue weighted by molar-refractivity contribution is 7.17. The molecule has 0 bridgehead atoms. The van der Waals surface area contributed by atoms with Gasteiger partial charge in [0.1, 0.15) is 6.29 Å². The third-order valence-corrected chi connectivity index (χ3v) is 6.44. The molecule has 0 saturated carbocycles. The molecule has 5 heteroatoms. The number of aldehydes is 1. The molecular weight excluding hydrogens is 394 g/mol. The third kappa shape index (κ3) is 3.48. The van der Waals surface area contributed by atoms with Crippen LogP contribution in [-0.4, -0.2) is 23.6 Å². The molecule has 4 aromatic rings. The standard InChI is InChI=1S/C25H25NO3S/c1-15(2)29-13-17(12-27)24-23(21-14-30-22-8-6-5-7-18(21)22)20-11-16(3)9-10-19(20)25(28)26(24)4/h5-12,14-15,17H,13H2,1-4H3.